The molecule has 1 fully saturated rings. The summed E-state index contributed by atoms with van der Waals surface area (Å²) in [5.41, 5.74) is 4.51. The second kappa shape index (κ2) is 8.24. The highest BCUT2D eigenvalue weighted by molar-refractivity contribution is 6.31. The van der Waals surface area contributed by atoms with Gasteiger partial charge in [-0.25, -0.2) is 15.0 Å². The van der Waals surface area contributed by atoms with Crippen LogP contribution in [0.25, 0.3) is 11.2 Å². The number of aromatic nitrogens is 4. The first-order valence-corrected chi connectivity index (χ1v) is 9.94. The van der Waals surface area contributed by atoms with E-state index in [1.807, 2.05) is 13.0 Å². The highest BCUT2D eigenvalue weighted by Gasteiger charge is 2.25. The summed E-state index contributed by atoms with van der Waals surface area (Å²) in [6.45, 7) is 3.33. The number of fused-ring (bicyclic) bond motifs is 1. The van der Waals surface area contributed by atoms with Crippen molar-refractivity contribution in [3.05, 3.63) is 40.4 Å². The molecule has 152 valence electrons. The Bertz CT molecular complexity index is 1050. The van der Waals surface area contributed by atoms with Crippen molar-refractivity contribution in [2.75, 3.05) is 25.5 Å². The standard InChI is InChI=1S/C20H23ClN6O2/c1-11-14(5-12-6-16(28)23-8-12)18(29-2)13(7-15(11)21)3-4-22-19-17-20(25-9-24-17)27-10-26-19/h7,9-10,12H,3-6,8H2,1-2H3,(H,23,28)(H2,22,24,25,26,27). The van der Waals surface area contributed by atoms with Crippen LogP contribution in [0.15, 0.2) is 18.7 Å². The highest BCUT2D eigenvalue weighted by Crippen LogP contribution is 2.35. The summed E-state index contributed by atoms with van der Waals surface area (Å²) < 4.78 is 5.78. The van der Waals surface area contributed by atoms with Gasteiger partial charge in [-0.05, 0) is 48.4 Å². The number of anilines is 1. The van der Waals surface area contributed by atoms with Crippen molar-refractivity contribution in [2.45, 2.75) is 26.2 Å². The highest BCUT2D eigenvalue weighted by atomic mass is 35.5. The molecule has 4 rings (SSSR count). The monoisotopic (exact) mass is 414 g/mol. The molecule has 1 aliphatic rings. The zero-order chi connectivity index (χ0) is 20.4. The van der Waals surface area contributed by atoms with Crippen LogP contribution < -0.4 is 15.4 Å². The van der Waals surface area contributed by atoms with Crippen molar-refractivity contribution < 1.29 is 9.53 Å². The number of hydrogen-bond donors (Lipinski definition) is 3. The van der Waals surface area contributed by atoms with E-state index in [2.05, 4.69) is 30.6 Å². The molecule has 0 radical (unpaired) electrons. The Morgan fingerprint density at radius 2 is 2.21 bits per heavy atom. The average molecular weight is 415 g/mol. The molecule has 2 aromatic heterocycles. The molecule has 1 atom stereocenters. The van der Waals surface area contributed by atoms with Crippen LogP contribution in [-0.2, 0) is 17.6 Å². The number of benzene rings is 1. The first kappa shape index (κ1) is 19.4. The van der Waals surface area contributed by atoms with Crippen molar-refractivity contribution in [3.63, 3.8) is 0 Å². The largest absolute Gasteiger partial charge is 0.496 e. The molecule has 29 heavy (non-hydrogen) atoms. The fraction of sp³-hybridized carbons (Fsp3) is 0.400. The van der Waals surface area contributed by atoms with Gasteiger partial charge in [-0.2, -0.15) is 0 Å². The first-order valence-electron chi connectivity index (χ1n) is 9.56. The van der Waals surface area contributed by atoms with Crippen molar-refractivity contribution in [3.8, 4) is 5.75 Å². The number of carbonyl (C=O) groups excluding carboxylic acids is 1. The average Bonchev–Trinajstić information content (AvgIpc) is 3.35. The molecule has 1 aromatic carbocycles. The number of aromatic amines is 1. The van der Waals surface area contributed by atoms with Crippen LogP contribution in [0.4, 0.5) is 5.82 Å². The van der Waals surface area contributed by atoms with Gasteiger partial charge in [-0.3, -0.25) is 4.79 Å². The number of nitrogens with zero attached hydrogens (tertiary/aromatic N) is 3. The summed E-state index contributed by atoms with van der Waals surface area (Å²) >= 11 is 6.53. The lowest BCUT2D eigenvalue weighted by Gasteiger charge is -2.20. The van der Waals surface area contributed by atoms with E-state index < -0.39 is 0 Å². The minimum absolute atomic E-state index is 0.104. The lowest BCUT2D eigenvalue weighted by Crippen LogP contribution is -2.15. The molecule has 1 saturated heterocycles. The molecule has 0 bridgehead atoms. The number of rotatable bonds is 7. The molecule has 3 N–H and O–H groups in total. The molecule has 1 aliphatic heterocycles. The Hall–Kier alpha value is -2.87. The smallest absolute Gasteiger partial charge is 0.220 e. The van der Waals surface area contributed by atoms with Crippen molar-refractivity contribution in [2.24, 2.45) is 5.92 Å². The summed E-state index contributed by atoms with van der Waals surface area (Å²) in [6, 6.07) is 1.96. The van der Waals surface area contributed by atoms with Gasteiger partial charge >= 0.3 is 0 Å². The summed E-state index contributed by atoms with van der Waals surface area (Å²) in [5, 5.41) is 6.93. The summed E-state index contributed by atoms with van der Waals surface area (Å²) in [7, 11) is 1.68. The van der Waals surface area contributed by atoms with Gasteiger partial charge in [0, 0.05) is 24.5 Å². The molecule has 3 aromatic rings. The van der Waals surface area contributed by atoms with Gasteiger partial charge in [-0.1, -0.05) is 11.6 Å². The lowest BCUT2D eigenvalue weighted by molar-refractivity contribution is -0.119. The predicted octanol–water partition coefficient (Wildman–Crippen LogP) is 2.66. The maximum absolute atomic E-state index is 11.6. The quantitative estimate of drug-likeness (QED) is 0.549. The predicted molar refractivity (Wildman–Crippen MR) is 111 cm³/mol. The van der Waals surface area contributed by atoms with E-state index in [0.29, 0.717) is 47.9 Å². The molecule has 0 spiro atoms. The maximum atomic E-state index is 11.6. The fourth-order valence-corrected chi connectivity index (χ4v) is 4.07. The Balaban J connectivity index is 1.53. The Labute approximate surface area is 173 Å². The summed E-state index contributed by atoms with van der Waals surface area (Å²) in [4.78, 5) is 27.2. The second-order valence-electron chi connectivity index (χ2n) is 7.23. The van der Waals surface area contributed by atoms with E-state index in [-0.39, 0.29) is 11.8 Å². The first-order chi connectivity index (χ1) is 14.1. The van der Waals surface area contributed by atoms with Gasteiger partial charge in [0.05, 0.1) is 13.4 Å². The SMILES string of the molecule is COc1c(CCNc2ncnc3[nH]cnc23)cc(Cl)c(C)c1CC1CNC(=O)C1. The number of carbonyl (C=O) groups is 1. The van der Waals surface area contributed by atoms with Crippen LogP contribution in [0, 0.1) is 12.8 Å². The third-order valence-corrected chi connectivity index (χ3v) is 5.73. The lowest BCUT2D eigenvalue weighted by atomic mass is 9.92. The van der Waals surface area contributed by atoms with Crippen LogP contribution in [0.1, 0.15) is 23.1 Å². The molecule has 3 heterocycles. The maximum Gasteiger partial charge on any atom is 0.220 e. The zero-order valence-electron chi connectivity index (χ0n) is 16.4. The molecule has 0 saturated carbocycles. The number of ether oxygens (including phenoxy) is 1. The zero-order valence-corrected chi connectivity index (χ0v) is 17.1. The summed E-state index contributed by atoms with van der Waals surface area (Å²) in [5.74, 6) is 1.89. The second-order valence-corrected chi connectivity index (χ2v) is 7.64. The molecule has 9 heteroatoms. The third-order valence-electron chi connectivity index (χ3n) is 5.34. The van der Waals surface area contributed by atoms with Gasteiger partial charge in [0.15, 0.2) is 11.5 Å². The normalized spacial score (nSPS) is 16.2. The van der Waals surface area contributed by atoms with Gasteiger partial charge in [0.1, 0.15) is 17.6 Å². The molecule has 1 unspecified atom stereocenters. The van der Waals surface area contributed by atoms with Crippen molar-refractivity contribution >= 4 is 34.5 Å². The number of amides is 1. The van der Waals surface area contributed by atoms with E-state index in [1.54, 1.807) is 13.4 Å². The number of hydrogen-bond acceptors (Lipinski definition) is 6. The molecule has 0 aliphatic carbocycles. The van der Waals surface area contributed by atoms with Crippen LogP contribution in [0.2, 0.25) is 5.02 Å². The molecule has 1 amide bonds. The van der Waals surface area contributed by atoms with Gasteiger partial charge in [0.2, 0.25) is 5.91 Å². The minimum atomic E-state index is 0.104. The Kier molecular flexibility index (Phi) is 5.53. The van der Waals surface area contributed by atoms with Gasteiger partial charge < -0.3 is 20.4 Å². The number of H-pyrrole nitrogens is 1. The van der Waals surface area contributed by atoms with E-state index in [9.17, 15) is 4.79 Å². The fourth-order valence-electron chi connectivity index (χ4n) is 3.83. The Morgan fingerprint density at radius 3 is 2.97 bits per heavy atom. The van der Waals surface area contributed by atoms with E-state index >= 15 is 0 Å². The number of halogens is 1. The van der Waals surface area contributed by atoms with E-state index in [4.69, 9.17) is 16.3 Å². The number of imidazole rings is 1. The topological polar surface area (TPSA) is 105 Å². The van der Waals surface area contributed by atoms with Crippen molar-refractivity contribution in [1.29, 1.82) is 0 Å². The summed E-state index contributed by atoms with van der Waals surface area (Å²) in [6.07, 6.45) is 5.10. The van der Waals surface area contributed by atoms with Crippen LogP contribution in [0.3, 0.4) is 0 Å². The molecular weight excluding hydrogens is 392 g/mol. The third kappa shape index (κ3) is 3.98. The van der Waals surface area contributed by atoms with E-state index in [1.165, 1.54) is 6.33 Å². The van der Waals surface area contributed by atoms with Gasteiger partial charge in [-0.15, -0.1) is 0 Å². The number of nitrogens with one attached hydrogen (secondary N) is 3. The van der Waals surface area contributed by atoms with Crippen LogP contribution in [0.5, 0.6) is 5.75 Å². The molecular formula is C20H23ClN6O2. The van der Waals surface area contributed by atoms with Crippen molar-refractivity contribution in [1.82, 2.24) is 25.3 Å². The van der Waals surface area contributed by atoms with Gasteiger partial charge in [0.25, 0.3) is 0 Å². The van der Waals surface area contributed by atoms with Crippen LogP contribution in [-0.4, -0.2) is 46.0 Å². The minimum Gasteiger partial charge on any atom is -0.496 e. The molecule has 8 nitrogen and oxygen atoms in total. The Morgan fingerprint density at radius 1 is 1.34 bits per heavy atom. The van der Waals surface area contributed by atoms with Crippen LogP contribution >= 0.6 is 11.6 Å². The number of methoxy groups -OCH3 is 1. The van der Waals surface area contributed by atoms with E-state index in [0.717, 1.165) is 28.9 Å².